The topological polar surface area (TPSA) is 81.1 Å². The van der Waals surface area contributed by atoms with Crippen molar-refractivity contribution in [1.82, 2.24) is 20.1 Å². The van der Waals surface area contributed by atoms with E-state index in [0.717, 1.165) is 37.3 Å². The summed E-state index contributed by atoms with van der Waals surface area (Å²) in [5.74, 6) is 2.09. The van der Waals surface area contributed by atoms with Crippen molar-refractivity contribution in [2.45, 2.75) is 25.7 Å². The Hall–Kier alpha value is -2.41. The lowest BCUT2D eigenvalue weighted by atomic mass is 9.98. The molecule has 1 aliphatic heterocycles. The molecule has 0 saturated carbocycles. The molecule has 2 N–H and O–H groups in total. The Morgan fingerprint density at radius 2 is 2.12 bits per heavy atom. The third kappa shape index (κ3) is 3.41. The van der Waals surface area contributed by atoms with Crippen LogP contribution in [-0.2, 0) is 7.05 Å². The number of carbonyl (C=O) groups excluding carboxylic acids is 1. The molecule has 128 valence electrons. The predicted molar refractivity (Wildman–Crippen MR) is 91.5 cm³/mol. The monoisotopic (exact) mass is 329 g/mol. The van der Waals surface area contributed by atoms with E-state index in [4.69, 9.17) is 4.74 Å². The van der Waals surface area contributed by atoms with Gasteiger partial charge in [-0.15, -0.1) is 0 Å². The summed E-state index contributed by atoms with van der Waals surface area (Å²) in [7, 11) is 3.39. The Balaban J connectivity index is 1.75. The molecule has 1 aromatic carbocycles. The summed E-state index contributed by atoms with van der Waals surface area (Å²) in [6, 6.07) is 5.37. The lowest BCUT2D eigenvalue weighted by Crippen LogP contribution is -2.27. The van der Waals surface area contributed by atoms with Gasteiger partial charge in [-0.05, 0) is 50.6 Å². The highest BCUT2D eigenvalue weighted by Gasteiger charge is 2.21. The number of hydrogen-bond donors (Lipinski definition) is 2. The van der Waals surface area contributed by atoms with Crippen molar-refractivity contribution in [3.8, 4) is 5.75 Å². The van der Waals surface area contributed by atoms with Crippen molar-refractivity contribution in [2.75, 3.05) is 25.5 Å². The number of methoxy groups -OCH3 is 1. The first-order chi connectivity index (χ1) is 11.6. The SMILES string of the molecule is COc1cc(C(=O)Nc2nc(C3CCNCC3)nn2C)ccc1C. The molecule has 0 spiro atoms. The van der Waals surface area contributed by atoms with E-state index in [0.29, 0.717) is 23.2 Å². The van der Waals surface area contributed by atoms with Crippen molar-refractivity contribution in [1.29, 1.82) is 0 Å². The smallest absolute Gasteiger partial charge is 0.258 e. The second-order valence-electron chi connectivity index (χ2n) is 6.08. The van der Waals surface area contributed by atoms with Crippen molar-refractivity contribution < 1.29 is 9.53 Å². The van der Waals surface area contributed by atoms with Crippen molar-refractivity contribution in [3.63, 3.8) is 0 Å². The molecular weight excluding hydrogens is 306 g/mol. The van der Waals surface area contributed by atoms with Crippen LogP contribution in [0.2, 0.25) is 0 Å². The molecule has 0 bridgehead atoms. The molecule has 0 aliphatic carbocycles. The molecule has 0 unspecified atom stereocenters. The van der Waals surface area contributed by atoms with Gasteiger partial charge in [0.2, 0.25) is 5.95 Å². The van der Waals surface area contributed by atoms with E-state index >= 15 is 0 Å². The standard InChI is InChI=1S/C17H23N5O2/c1-11-4-5-13(10-14(11)24-3)16(23)20-17-19-15(21-22(17)2)12-6-8-18-9-7-12/h4-5,10,12,18H,6-9H2,1-3H3,(H,19,20,21,23). The highest BCUT2D eigenvalue weighted by molar-refractivity contribution is 6.03. The molecule has 3 rings (SSSR count). The van der Waals surface area contributed by atoms with Gasteiger partial charge in [0.25, 0.3) is 5.91 Å². The van der Waals surface area contributed by atoms with Crippen LogP contribution in [0.15, 0.2) is 18.2 Å². The lowest BCUT2D eigenvalue weighted by Gasteiger charge is -2.19. The van der Waals surface area contributed by atoms with Crippen molar-refractivity contribution in [2.24, 2.45) is 7.05 Å². The number of nitrogens with zero attached hydrogens (tertiary/aromatic N) is 3. The van der Waals surface area contributed by atoms with E-state index in [-0.39, 0.29) is 5.91 Å². The predicted octanol–water partition coefficient (Wildman–Crippen LogP) is 1.85. The number of ether oxygens (including phenoxy) is 1. The van der Waals surface area contributed by atoms with Gasteiger partial charge in [-0.1, -0.05) is 6.07 Å². The van der Waals surface area contributed by atoms with Gasteiger partial charge in [0.1, 0.15) is 5.75 Å². The number of benzene rings is 1. The number of carbonyl (C=O) groups is 1. The molecule has 24 heavy (non-hydrogen) atoms. The van der Waals surface area contributed by atoms with Gasteiger partial charge >= 0.3 is 0 Å². The molecule has 0 radical (unpaired) electrons. The Bertz CT molecular complexity index is 735. The van der Waals surface area contributed by atoms with Crippen LogP contribution in [0.25, 0.3) is 0 Å². The minimum Gasteiger partial charge on any atom is -0.496 e. The summed E-state index contributed by atoms with van der Waals surface area (Å²) < 4.78 is 6.90. The van der Waals surface area contributed by atoms with E-state index < -0.39 is 0 Å². The van der Waals surface area contributed by atoms with Gasteiger partial charge in [0.05, 0.1) is 7.11 Å². The first-order valence-corrected chi connectivity index (χ1v) is 8.16. The number of amides is 1. The molecular formula is C17H23N5O2. The normalized spacial score (nSPS) is 15.3. The van der Waals surface area contributed by atoms with Crippen LogP contribution in [0.4, 0.5) is 5.95 Å². The third-order valence-electron chi connectivity index (χ3n) is 4.38. The van der Waals surface area contributed by atoms with Gasteiger partial charge in [0.15, 0.2) is 5.82 Å². The maximum atomic E-state index is 12.5. The largest absolute Gasteiger partial charge is 0.496 e. The fourth-order valence-corrected chi connectivity index (χ4v) is 2.90. The number of piperidine rings is 1. The minimum absolute atomic E-state index is 0.222. The molecule has 1 saturated heterocycles. The number of nitrogens with one attached hydrogen (secondary N) is 2. The summed E-state index contributed by atoms with van der Waals surface area (Å²) in [4.78, 5) is 17.0. The van der Waals surface area contributed by atoms with Crippen LogP contribution in [0.1, 0.15) is 40.5 Å². The fraction of sp³-hybridized carbons (Fsp3) is 0.471. The summed E-state index contributed by atoms with van der Waals surface area (Å²) in [5.41, 5.74) is 1.52. The van der Waals surface area contributed by atoms with Gasteiger partial charge in [-0.25, -0.2) is 4.68 Å². The summed E-state index contributed by atoms with van der Waals surface area (Å²) in [6.07, 6.45) is 2.04. The maximum absolute atomic E-state index is 12.5. The van der Waals surface area contributed by atoms with E-state index in [1.807, 2.05) is 13.0 Å². The zero-order chi connectivity index (χ0) is 17.1. The zero-order valence-electron chi connectivity index (χ0n) is 14.3. The number of rotatable bonds is 4. The number of anilines is 1. The Morgan fingerprint density at radius 3 is 2.83 bits per heavy atom. The molecule has 1 aromatic heterocycles. The number of hydrogen-bond acceptors (Lipinski definition) is 5. The quantitative estimate of drug-likeness (QED) is 0.895. The second kappa shape index (κ2) is 7.00. The van der Waals surface area contributed by atoms with Crippen LogP contribution in [0.5, 0.6) is 5.75 Å². The van der Waals surface area contributed by atoms with Gasteiger partial charge in [0, 0.05) is 18.5 Å². The number of aromatic nitrogens is 3. The summed E-state index contributed by atoms with van der Waals surface area (Å²) in [5, 5.41) is 10.6. The minimum atomic E-state index is -0.222. The molecule has 1 fully saturated rings. The second-order valence-corrected chi connectivity index (χ2v) is 6.08. The third-order valence-corrected chi connectivity index (χ3v) is 4.38. The molecule has 0 atom stereocenters. The summed E-state index contributed by atoms with van der Waals surface area (Å²) >= 11 is 0. The molecule has 1 amide bonds. The van der Waals surface area contributed by atoms with Crippen LogP contribution in [-0.4, -0.2) is 40.9 Å². The van der Waals surface area contributed by atoms with Gasteiger partial charge in [-0.2, -0.15) is 10.1 Å². The van der Waals surface area contributed by atoms with Crippen LogP contribution in [0.3, 0.4) is 0 Å². The van der Waals surface area contributed by atoms with Crippen molar-refractivity contribution in [3.05, 3.63) is 35.2 Å². The molecule has 1 aliphatic rings. The first kappa shape index (κ1) is 16.4. The molecule has 7 nitrogen and oxygen atoms in total. The van der Waals surface area contributed by atoms with Gasteiger partial charge < -0.3 is 10.1 Å². The summed E-state index contributed by atoms with van der Waals surface area (Å²) in [6.45, 7) is 3.90. The van der Waals surface area contributed by atoms with Crippen LogP contribution in [0, 0.1) is 6.92 Å². The number of aryl methyl sites for hydroxylation is 2. The van der Waals surface area contributed by atoms with Crippen LogP contribution >= 0.6 is 0 Å². The van der Waals surface area contributed by atoms with E-state index in [2.05, 4.69) is 20.7 Å². The average Bonchev–Trinajstić information content (AvgIpc) is 2.97. The van der Waals surface area contributed by atoms with Crippen LogP contribution < -0.4 is 15.4 Å². The van der Waals surface area contributed by atoms with E-state index in [1.54, 1.807) is 31.0 Å². The molecule has 7 heteroatoms. The molecule has 2 heterocycles. The van der Waals surface area contributed by atoms with Gasteiger partial charge in [-0.3, -0.25) is 10.1 Å². The average molecular weight is 329 g/mol. The highest BCUT2D eigenvalue weighted by atomic mass is 16.5. The van der Waals surface area contributed by atoms with E-state index in [9.17, 15) is 4.79 Å². The Morgan fingerprint density at radius 1 is 1.38 bits per heavy atom. The Labute approximate surface area is 141 Å². The lowest BCUT2D eigenvalue weighted by molar-refractivity contribution is 0.102. The fourth-order valence-electron chi connectivity index (χ4n) is 2.90. The maximum Gasteiger partial charge on any atom is 0.258 e. The Kier molecular flexibility index (Phi) is 4.80. The highest BCUT2D eigenvalue weighted by Crippen LogP contribution is 2.24. The zero-order valence-corrected chi connectivity index (χ0v) is 14.3. The molecule has 2 aromatic rings. The van der Waals surface area contributed by atoms with Crippen molar-refractivity contribution >= 4 is 11.9 Å². The first-order valence-electron chi connectivity index (χ1n) is 8.16. The van der Waals surface area contributed by atoms with E-state index in [1.165, 1.54) is 0 Å².